The van der Waals surface area contributed by atoms with E-state index >= 15 is 0 Å². The van der Waals surface area contributed by atoms with E-state index in [-0.39, 0.29) is 11.7 Å². The van der Waals surface area contributed by atoms with Crippen molar-refractivity contribution in [2.24, 2.45) is 5.92 Å². The average Bonchev–Trinajstić information content (AvgIpc) is 2.38. The summed E-state index contributed by atoms with van der Waals surface area (Å²) < 4.78 is 0. The predicted octanol–water partition coefficient (Wildman–Crippen LogP) is 2.50. The van der Waals surface area contributed by atoms with Crippen LogP contribution in [-0.2, 0) is 4.79 Å². The predicted molar refractivity (Wildman–Crippen MR) is 83.0 cm³/mol. The topological polar surface area (TPSA) is 84.2 Å². The number of carbonyl (C=O) groups excluding carboxylic acids is 2. The Hall–Kier alpha value is -1.40. The first-order chi connectivity index (χ1) is 9.38. The number of hydrogen-bond acceptors (Lipinski definition) is 4. The number of anilines is 1. The Labute approximate surface area is 127 Å². The fraction of sp³-hybridized carbons (Fsp3) is 0.385. The van der Waals surface area contributed by atoms with Gasteiger partial charge in [-0.2, -0.15) is 0 Å². The molecule has 1 rings (SSSR count). The lowest BCUT2D eigenvalue weighted by Crippen LogP contribution is -2.41. The van der Waals surface area contributed by atoms with Crippen LogP contribution in [0.2, 0.25) is 5.02 Å². The molecule has 1 aromatic rings. The fourth-order valence-electron chi connectivity index (χ4n) is 1.25. The number of rotatable bonds is 5. The first-order valence-electron chi connectivity index (χ1n) is 6.14. The van der Waals surface area contributed by atoms with E-state index in [1.807, 2.05) is 13.8 Å². The Morgan fingerprint density at radius 2 is 2.10 bits per heavy atom. The van der Waals surface area contributed by atoms with Gasteiger partial charge < -0.3 is 11.1 Å². The maximum atomic E-state index is 11.6. The molecular formula is C13H18ClN3O2S. The molecule has 110 valence electrons. The largest absolute Gasteiger partial charge is 0.398 e. The zero-order valence-corrected chi connectivity index (χ0v) is 13.0. The van der Waals surface area contributed by atoms with Gasteiger partial charge in [0.1, 0.15) is 0 Å². The van der Waals surface area contributed by atoms with Crippen LogP contribution in [0.15, 0.2) is 23.1 Å². The summed E-state index contributed by atoms with van der Waals surface area (Å²) in [4.78, 5) is 23.8. The van der Waals surface area contributed by atoms with E-state index in [4.69, 9.17) is 17.3 Å². The van der Waals surface area contributed by atoms with Crippen LogP contribution in [0.1, 0.15) is 13.8 Å². The van der Waals surface area contributed by atoms with Crippen LogP contribution < -0.4 is 16.4 Å². The second-order valence-electron chi connectivity index (χ2n) is 4.62. The van der Waals surface area contributed by atoms with E-state index < -0.39 is 6.03 Å². The van der Waals surface area contributed by atoms with Crippen LogP contribution in [0.25, 0.3) is 0 Å². The van der Waals surface area contributed by atoms with Crippen LogP contribution >= 0.6 is 23.4 Å². The molecule has 0 radical (unpaired) electrons. The molecular weight excluding hydrogens is 298 g/mol. The third kappa shape index (κ3) is 6.16. The minimum atomic E-state index is -0.473. The van der Waals surface area contributed by atoms with Crippen molar-refractivity contribution in [3.63, 3.8) is 0 Å². The molecule has 5 nitrogen and oxygen atoms in total. The normalized spacial score (nSPS) is 10.4. The van der Waals surface area contributed by atoms with Crippen LogP contribution in [0.3, 0.4) is 0 Å². The summed E-state index contributed by atoms with van der Waals surface area (Å²) in [5.74, 6) is 0.112. The molecule has 0 unspecified atom stereocenters. The van der Waals surface area contributed by atoms with Gasteiger partial charge in [0.05, 0.1) is 16.5 Å². The van der Waals surface area contributed by atoms with Gasteiger partial charge in [-0.25, -0.2) is 4.79 Å². The van der Waals surface area contributed by atoms with E-state index in [1.54, 1.807) is 18.2 Å². The number of carbonyl (C=O) groups is 2. The molecule has 7 heteroatoms. The summed E-state index contributed by atoms with van der Waals surface area (Å²) in [6.07, 6.45) is 0. The Balaban J connectivity index is 2.35. The first kappa shape index (κ1) is 16.7. The fourth-order valence-corrected chi connectivity index (χ4v) is 2.23. The van der Waals surface area contributed by atoms with Crippen LogP contribution in [0, 0.1) is 5.92 Å². The van der Waals surface area contributed by atoms with E-state index in [0.29, 0.717) is 23.2 Å². The van der Waals surface area contributed by atoms with Crippen molar-refractivity contribution in [2.45, 2.75) is 18.7 Å². The van der Waals surface area contributed by atoms with Crippen molar-refractivity contribution < 1.29 is 9.59 Å². The molecule has 4 N–H and O–H groups in total. The zero-order valence-electron chi connectivity index (χ0n) is 11.4. The third-order valence-electron chi connectivity index (χ3n) is 2.27. The van der Waals surface area contributed by atoms with Gasteiger partial charge in [0.25, 0.3) is 0 Å². The summed E-state index contributed by atoms with van der Waals surface area (Å²) in [6, 6.07) is 4.67. The molecule has 0 aliphatic carbocycles. The molecule has 0 saturated carbocycles. The zero-order chi connectivity index (χ0) is 15.1. The number of hydrogen-bond donors (Lipinski definition) is 3. The number of amides is 3. The summed E-state index contributed by atoms with van der Waals surface area (Å²) >= 11 is 7.17. The van der Waals surface area contributed by atoms with Gasteiger partial charge in [-0.05, 0) is 24.1 Å². The summed E-state index contributed by atoms with van der Waals surface area (Å²) in [5.41, 5.74) is 6.09. The Morgan fingerprint density at radius 1 is 1.40 bits per heavy atom. The van der Waals surface area contributed by atoms with Crippen molar-refractivity contribution in [1.82, 2.24) is 10.6 Å². The minimum absolute atomic E-state index is 0.134. The van der Waals surface area contributed by atoms with Crippen LogP contribution in [0.4, 0.5) is 10.5 Å². The lowest BCUT2D eigenvalue weighted by Gasteiger charge is -2.08. The number of nitrogen functional groups attached to an aromatic ring is 1. The van der Waals surface area contributed by atoms with Crippen molar-refractivity contribution in [2.75, 3.05) is 18.0 Å². The van der Waals surface area contributed by atoms with Crippen LogP contribution in [0.5, 0.6) is 0 Å². The highest BCUT2D eigenvalue weighted by molar-refractivity contribution is 8.00. The highest BCUT2D eigenvalue weighted by Gasteiger charge is 2.09. The summed E-state index contributed by atoms with van der Waals surface area (Å²) in [7, 11) is 0. The van der Waals surface area contributed by atoms with Gasteiger partial charge in [0.2, 0.25) is 5.91 Å². The van der Waals surface area contributed by atoms with Gasteiger partial charge in [0, 0.05) is 11.4 Å². The molecule has 0 bridgehead atoms. The Kier molecular flexibility index (Phi) is 6.67. The summed E-state index contributed by atoms with van der Waals surface area (Å²) in [5, 5.41) is 5.32. The molecule has 0 atom stereocenters. The maximum absolute atomic E-state index is 11.6. The molecule has 0 fully saturated rings. The molecule has 0 aliphatic heterocycles. The van der Waals surface area contributed by atoms with E-state index in [2.05, 4.69) is 10.6 Å². The van der Waals surface area contributed by atoms with Gasteiger partial charge in [-0.1, -0.05) is 25.4 Å². The molecule has 20 heavy (non-hydrogen) atoms. The number of halogens is 1. The van der Waals surface area contributed by atoms with Gasteiger partial charge in [0.15, 0.2) is 0 Å². The monoisotopic (exact) mass is 315 g/mol. The van der Waals surface area contributed by atoms with Gasteiger partial charge >= 0.3 is 6.03 Å². The third-order valence-corrected chi connectivity index (χ3v) is 3.59. The molecule has 0 spiro atoms. The number of nitrogens with one attached hydrogen (secondary N) is 2. The van der Waals surface area contributed by atoms with Crippen LogP contribution in [-0.4, -0.2) is 24.2 Å². The maximum Gasteiger partial charge on any atom is 0.321 e. The molecule has 0 saturated heterocycles. The second kappa shape index (κ2) is 8.01. The second-order valence-corrected chi connectivity index (χ2v) is 6.08. The van der Waals surface area contributed by atoms with Crippen molar-refractivity contribution in [3.05, 3.63) is 23.2 Å². The van der Waals surface area contributed by atoms with Crippen molar-refractivity contribution in [1.29, 1.82) is 0 Å². The van der Waals surface area contributed by atoms with E-state index in [9.17, 15) is 9.59 Å². The van der Waals surface area contributed by atoms with E-state index in [0.717, 1.165) is 4.90 Å². The number of nitrogens with two attached hydrogens (primary N) is 1. The number of urea groups is 1. The Bertz CT molecular complexity index is 495. The van der Waals surface area contributed by atoms with E-state index in [1.165, 1.54) is 11.8 Å². The number of thioether (sulfide) groups is 1. The quantitative estimate of drug-likeness (QED) is 0.576. The first-order valence-corrected chi connectivity index (χ1v) is 7.50. The van der Waals surface area contributed by atoms with Crippen molar-refractivity contribution in [3.8, 4) is 0 Å². The minimum Gasteiger partial charge on any atom is -0.398 e. The molecule has 1 aromatic carbocycles. The van der Waals surface area contributed by atoms with Crippen molar-refractivity contribution >= 4 is 41.0 Å². The number of imide groups is 1. The standard InChI is InChI=1S/C13H18ClN3O2S/c1-8(2)6-16-13(19)17-12(18)7-20-9-3-4-11(15)10(14)5-9/h3-5,8H,6-7,15H2,1-2H3,(H2,16,17,18,19). The molecule has 0 aliphatic rings. The lowest BCUT2D eigenvalue weighted by molar-refractivity contribution is -0.117. The average molecular weight is 316 g/mol. The smallest absolute Gasteiger partial charge is 0.321 e. The Morgan fingerprint density at radius 3 is 2.70 bits per heavy atom. The molecule has 0 heterocycles. The number of benzene rings is 1. The molecule has 3 amide bonds. The van der Waals surface area contributed by atoms with Gasteiger partial charge in [-0.3, -0.25) is 10.1 Å². The lowest BCUT2D eigenvalue weighted by atomic mass is 10.2. The highest BCUT2D eigenvalue weighted by Crippen LogP contribution is 2.26. The highest BCUT2D eigenvalue weighted by atomic mass is 35.5. The van der Waals surface area contributed by atoms with Gasteiger partial charge in [-0.15, -0.1) is 11.8 Å². The molecule has 0 aromatic heterocycles. The summed E-state index contributed by atoms with van der Waals surface area (Å²) in [6.45, 7) is 4.48. The SMILES string of the molecule is CC(C)CNC(=O)NC(=O)CSc1ccc(N)c(Cl)c1.